The Hall–Kier alpha value is -2.74. The Morgan fingerprint density at radius 2 is 1.75 bits per heavy atom. The van der Waals surface area contributed by atoms with Gasteiger partial charge in [-0.15, -0.1) is 12.4 Å². The standard InChI is InChI=1S/C24H27NO6.ClH/c1-16-19-6-5-18(30-13-10-25-8-11-29-12-9-25)15-21(19)31-24(26)23(16)17-4-7-20(27-2)22(14-17)28-3;/h4-7,14-15H,8-13H2,1-3H3;1H. The van der Waals surface area contributed by atoms with Crippen LogP contribution in [0.4, 0.5) is 0 Å². The minimum absolute atomic E-state index is 0. The Kier molecular flexibility index (Phi) is 8.01. The number of aryl methyl sites for hydroxylation is 1. The van der Waals surface area contributed by atoms with Crippen molar-refractivity contribution in [2.24, 2.45) is 0 Å². The zero-order valence-electron chi connectivity index (χ0n) is 18.5. The first-order valence-corrected chi connectivity index (χ1v) is 10.3. The average molecular weight is 462 g/mol. The van der Waals surface area contributed by atoms with Crippen molar-refractivity contribution in [2.75, 3.05) is 53.7 Å². The van der Waals surface area contributed by atoms with Crippen molar-refractivity contribution in [3.63, 3.8) is 0 Å². The van der Waals surface area contributed by atoms with Gasteiger partial charge in [0.2, 0.25) is 0 Å². The third-order valence-corrected chi connectivity index (χ3v) is 5.59. The van der Waals surface area contributed by atoms with Gasteiger partial charge in [0.25, 0.3) is 0 Å². The van der Waals surface area contributed by atoms with E-state index in [1.807, 2.05) is 25.1 Å². The second-order valence-corrected chi connectivity index (χ2v) is 7.42. The number of benzene rings is 2. The second-order valence-electron chi connectivity index (χ2n) is 7.42. The third-order valence-electron chi connectivity index (χ3n) is 5.59. The molecule has 172 valence electrons. The highest BCUT2D eigenvalue weighted by Crippen LogP contribution is 2.34. The maximum Gasteiger partial charge on any atom is 0.344 e. The molecule has 2 heterocycles. The van der Waals surface area contributed by atoms with Gasteiger partial charge in [0.05, 0.1) is 33.0 Å². The summed E-state index contributed by atoms with van der Waals surface area (Å²) in [7, 11) is 3.14. The van der Waals surface area contributed by atoms with E-state index in [2.05, 4.69) is 4.90 Å². The molecule has 2 aromatic carbocycles. The monoisotopic (exact) mass is 461 g/mol. The van der Waals surface area contributed by atoms with Gasteiger partial charge in [0.1, 0.15) is 17.9 Å². The molecule has 8 heteroatoms. The molecule has 0 bridgehead atoms. The van der Waals surface area contributed by atoms with Crippen molar-refractivity contribution in [1.82, 2.24) is 4.90 Å². The minimum atomic E-state index is -0.400. The van der Waals surface area contributed by atoms with E-state index in [0.717, 1.165) is 49.4 Å². The topological polar surface area (TPSA) is 70.4 Å². The number of methoxy groups -OCH3 is 2. The highest BCUT2D eigenvalue weighted by molar-refractivity contribution is 5.87. The minimum Gasteiger partial charge on any atom is -0.493 e. The quantitative estimate of drug-likeness (QED) is 0.494. The average Bonchev–Trinajstić information content (AvgIpc) is 2.79. The number of ether oxygens (including phenoxy) is 4. The van der Waals surface area contributed by atoms with Crippen LogP contribution in [0.3, 0.4) is 0 Å². The molecule has 1 aromatic heterocycles. The number of halogens is 1. The van der Waals surface area contributed by atoms with E-state index < -0.39 is 5.63 Å². The first kappa shape index (κ1) is 23.9. The van der Waals surface area contributed by atoms with Gasteiger partial charge in [-0.05, 0) is 42.3 Å². The van der Waals surface area contributed by atoms with Gasteiger partial charge in [-0.2, -0.15) is 0 Å². The Morgan fingerprint density at radius 1 is 1.00 bits per heavy atom. The molecule has 3 aromatic rings. The van der Waals surface area contributed by atoms with Gasteiger partial charge in [-0.1, -0.05) is 6.07 Å². The summed E-state index contributed by atoms with van der Waals surface area (Å²) in [6.07, 6.45) is 0. The highest BCUT2D eigenvalue weighted by Gasteiger charge is 2.16. The van der Waals surface area contributed by atoms with Crippen molar-refractivity contribution in [1.29, 1.82) is 0 Å². The van der Waals surface area contributed by atoms with Crippen molar-refractivity contribution >= 4 is 23.4 Å². The van der Waals surface area contributed by atoms with E-state index in [9.17, 15) is 4.79 Å². The number of hydrogen-bond acceptors (Lipinski definition) is 7. The van der Waals surface area contributed by atoms with Gasteiger partial charge >= 0.3 is 5.63 Å². The lowest BCUT2D eigenvalue weighted by Gasteiger charge is -2.26. The lowest BCUT2D eigenvalue weighted by molar-refractivity contribution is 0.0322. The first-order chi connectivity index (χ1) is 15.1. The van der Waals surface area contributed by atoms with Crippen molar-refractivity contribution in [2.45, 2.75) is 6.92 Å². The predicted molar refractivity (Wildman–Crippen MR) is 126 cm³/mol. The van der Waals surface area contributed by atoms with Crippen LogP contribution in [-0.2, 0) is 4.74 Å². The van der Waals surface area contributed by atoms with Crippen LogP contribution in [0.5, 0.6) is 17.2 Å². The van der Waals surface area contributed by atoms with Gasteiger partial charge < -0.3 is 23.4 Å². The number of morpholine rings is 1. The summed E-state index contributed by atoms with van der Waals surface area (Å²) < 4.78 is 27.6. The van der Waals surface area contributed by atoms with Gasteiger partial charge in [0, 0.05) is 31.1 Å². The van der Waals surface area contributed by atoms with Crippen LogP contribution in [-0.4, -0.2) is 58.6 Å². The van der Waals surface area contributed by atoms with E-state index in [1.165, 1.54) is 0 Å². The Morgan fingerprint density at radius 3 is 2.47 bits per heavy atom. The highest BCUT2D eigenvalue weighted by atomic mass is 35.5. The summed E-state index contributed by atoms with van der Waals surface area (Å²) in [6.45, 7) is 6.71. The van der Waals surface area contributed by atoms with Crippen molar-refractivity contribution in [3.05, 3.63) is 52.4 Å². The molecule has 32 heavy (non-hydrogen) atoms. The van der Waals surface area contributed by atoms with Crippen LogP contribution >= 0.6 is 12.4 Å². The fourth-order valence-corrected chi connectivity index (χ4v) is 3.87. The lowest BCUT2D eigenvalue weighted by atomic mass is 9.99. The molecule has 7 nitrogen and oxygen atoms in total. The summed E-state index contributed by atoms with van der Waals surface area (Å²) in [5.41, 5.74) is 2.18. The normalized spacial score (nSPS) is 14.1. The molecule has 1 aliphatic heterocycles. The molecule has 0 N–H and O–H groups in total. The molecular weight excluding hydrogens is 434 g/mol. The molecule has 1 fully saturated rings. The van der Waals surface area contributed by atoms with E-state index in [0.29, 0.717) is 35.0 Å². The first-order valence-electron chi connectivity index (χ1n) is 10.3. The summed E-state index contributed by atoms with van der Waals surface area (Å²) >= 11 is 0. The maximum absolute atomic E-state index is 12.8. The fraction of sp³-hybridized carbons (Fsp3) is 0.375. The number of fused-ring (bicyclic) bond motifs is 1. The van der Waals surface area contributed by atoms with E-state index in [1.54, 1.807) is 32.4 Å². The lowest BCUT2D eigenvalue weighted by Crippen LogP contribution is -2.38. The smallest absolute Gasteiger partial charge is 0.344 e. The largest absolute Gasteiger partial charge is 0.493 e. The Bertz CT molecular complexity index is 1120. The zero-order chi connectivity index (χ0) is 21.8. The maximum atomic E-state index is 12.8. The van der Waals surface area contributed by atoms with Crippen LogP contribution in [0, 0.1) is 6.92 Å². The molecule has 0 unspecified atom stereocenters. The van der Waals surface area contributed by atoms with Crippen LogP contribution in [0.25, 0.3) is 22.1 Å². The number of hydrogen-bond donors (Lipinski definition) is 0. The van der Waals surface area contributed by atoms with Crippen LogP contribution in [0.1, 0.15) is 5.56 Å². The molecule has 0 atom stereocenters. The summed E-state index contributed by atoms with van der Waals surface area (Å²) in [5, 5.41) is 0.866. The molecule has 0 aliphatic carbocycles. The van der Waals surface area contributed by atoms with Gasteiger partial charge in [-0.25, -0.2) is 4.79 Å². The van der Waals surface area contributed by atoms with Gasteiger partial charge in [-0.3, -0.25) is 4.90 Å². The summed E-state index contributed by atoms with van der Waals surface area (Å²) in [5.74, 6) is 1.85. The zero-order valence-corrected chi connectivity index (χ0v) is 19.3. The second kappa shape index (κ2) is 10.7. The predicted octanol–water partition coefficient (Wildman–Crippen LogP) is 3.92. The molecule has 0 spiro atoms. The van der Waals surface area contributed by atoms with E-state index in [4.69, 9.17) is 23.4 Å². The Labute approximate surface area is 193 Å². The van der Waals surface area contributed by atoms with Gasteiger partial charge in [0.15, 0.2) is 11.5 Å². The summed E-state index contributed by atoms with van der Waals surface area (Å²) in [6, 6.07) is 11.0. The van der Waals surface area contributed by atoms with E-state index in [-0.39, 0.29) is 12.4 Å². The van der Waals surface area contributed by atoms with Crippen LogP contribution < -0.4 is 19.8 Å². The molecule has 0 amide bonds. The number of nitrogens with zero attached hydrogens (tertiary/aromatic N) is 1. The molecule has 0 radical (unpaired) electrons. The van der Waals surface area contributed by atoms with E-state index >= 15 is 0 Å². The van der Waals surface area contributed by atoms with Crippen molar-refractivity contribution < 1.29 is 23.4 Å². The molecule has 0 saturated carbocycles. The molecule has 1 aliphatic rings. The van der Waals surface area contributed by atoms with Crippen molar-refractivity contribution in [3.8, 4) is 28.4 Å². The van der Waals surface area contributed by atoms with Crippen LogP contribution in [0.2, 0.25) is 0 Å². The molecular formula is C24H28ClNO6. The van der Waals surface area contributed by atoms with Crippen LogP contribution in [0.15, 0.2) is 45.6 Å². The molecule has 4 rings (SSSR count). The Balaban J connectivity index is 0.00000289. The number of rotatable bonds is 7. The third kappa shape index (κ3) is 5.01. The fourth-order valence-electron chi connectivity index (χ4n) is 3.87. The SMILES string of the molecule is COc1ccc(-c2c(C)c3ccc(OCCN4CCOCC4)cc3oc2=O)cc1OC.Cl. The molecule has 1 saturated heterocycles. The summed E-state index contributed by atoms with van der Waals surface area (Å²) in [4.78, 5) is 15.2.